The number of thioether (sulfide) groups is 1. The second-order valence-corrected chi connectivity index (χ2v) is 6.79. The average molecular weight is 238 g/mol. The fraction of sp³-hybridized carbons (Fsp3) is 0.571. The van der Waals surface area contributed by atoms with Crippen molar-refractivity contribution in [2.45, 2.75) is 56.3 Å². The van der Waals surface area contributed by atoms with Crippen LogP contribution in [-0.4, -0.2) is 16.5 Å². The molecule has 1 rings (SSSR count). The minimum absolute atomic E-state index is 0.207. The molecule has 0 saturated heterocycles. The highest BCUT2D eigenvalue weighted by atomic mass is 32.2. The van der Waals surface area contributed by atoms with Crippen molar-refractivity contribution in [3.05, 3.63) is 29.8 Å². The molecule has 0 fully saturated rings. The maximum absolute atomic E-state index is 9.45. The Kier molecular flexibility index (Phi) is 4.45. The Bertz CT molecular complexity index is 322. The molecule has 1 nitrogen and oxygen atoms in total. The maximum Gasteiger partial charge on any atom is 0.0631 e. The summed E-state index contributed by atoms with van der Waals surface area (Å²) in [5.74, 6) is 0. The van der Waals surface area contributed by atoms with Crippen molar-refractivity contribution in [2.75, 3.05) is 0 Å². The lowest BCUT2D eigenvalue weighted by molar-refractivity contribution is 0.196. The second kappa shape index (κ2) is 5.24. The van der Waals surface area contributed by atoms with E-state index in [-0.39, 0.29) is 16.8 Å². The lowest BCUT2D eigenvalue weighted by atomic mass is 9.87. The molecule has 0 radical (unpaired) electrons. The molecule has 1 N–H and O–H groups in total. The van der Waals surface area contributed by atoms with Crippen LogP contribution in [0.15, 0.2) is 29.2 Å². The molecule has 16 heavy (non-hydrogen) atoms. The summed E-state index contributed by atoms with van der Waals surface area (Å²) in [5.41, 5.74) is 1.56. The SMILES string of the molecule is CC(O)C(C)Sc1ccc(C(C)(C)C)cc1. The number of aliphatic hydroxyl groups is 1. The maximum atomic E-state index is 9.45. The molecule has 0 bridgehead atoms. The fourth-order valence-electron chi connectivity index (χ4n) is 1.35. The second-order valence-electron chi connectivity index (χ2n) is 5.34. The van der Waals surface area contributed by atoms with E-state index in [9.17, 15) is 5.11 Å². The minimum atomic E-state index is -0.271. The van der Waals surface area contributed by atoms with Crippen molar-refractivity contribution in [2.24, 2.45) is 0 Å². The van der Waals surface area contributed by atoms with Crippen LogP contribution in [0, 0.1) is 0 Å². The minimum Gasteiger partial charge on any atom is -0.392 e. The topological polar surface area (TPSA) is 20.2 Å². The van der Waals surface area contributed by atoms with Crippen LogP contribution in [0.2, 0.25) is 0 Å². The average Bonchev–Trinajstić information content (AvgIpc) is 2.17. The zero-order valence-corrected chi connectivity index (χ0v) is 11.6. The number of rotatable bonds is 3. The van der Waals surface area contributed by atoms with Gasteiger partial charge in [0.15, 0.2) is 0 Å². The Balaban J connectivity index is 2.72. The van der Waals surface area contributed by atoms with E-state index >= 15 is 0 Å². The van der Waals surface area contributed by atoms with Crippen LogP contribution in [0.25, 0.3) is 0 Å². The van der Waals surface area contributed by atoms with Crippen molar-refractivity contribution < 1.29 is 5.11 Å². The first-order valence-electron chi connectivity index (χ1n) is 5.76. The summed E-state index contributed by atoms with van der Waals surface area (Å²) in [6.45, 7) is 10.5. The van der Waals surface area contributed by atoms with Crippen LogP contribution in [0.1, 0.15) is 40.2 Å². The Morgan fingerprint density at radius 1 is 1.06 bits per heavy atom. The van der Waals surface area contributed by atoms with Gasteiger partial charge in [-0.2, -0.15) is 0 Å². The van der Waals surface area contributed by atoms with Crippen LogP contribution in [0.5, 0.6) is 0 Å². The van der Waals surface area contributed by atoms with E-state index < -0.39 is 0 Å². The van der Waals surface area contributed by atoms with Crippen molar-refractivity contribution in [3.8, 4) is 0 Å². The van der Waals surface area contributed by atoms with Gasteiger partial charge < -0.3 is 5.11 Å². The van der Waals surface area contributed by atoms with Crippen LogP contribution < -0.4 is 0 Å². The Hall–Kier alpha value is -0.470. The molecule has 0 aliphatic heterocycles. The summed E-state index contributed by atoms with van der Waals surface area (Å²) >= 11 is 1.72. The Morgan fingerprint density at radius 2 is 1.56 bits per heavy atom. The molecule has 1 aromatic rings. The van der Waals surface area contributed by atoms with Crippen LogP contribution in [0.3, 0.4) is 0 Å². The van der Waals surface area contributed by atoms with Crippen molar-refractivity contribution in [1.82, 2.24) is 0 Å². The van der Waals surface area contributed by atoms with E-state index in [1.54, 1.807) is 11.8 Å². The molecule has 2 atom stereocenters. The van der Waals surface area contributed by atoms with Crippen LogP contribution in [-0.2, 0) is 5.41 Å². The third-order valence-corrected chi connectivity index (χ3v) is 4.03. The molecule has 2 unspecified atom stereocenters. The lowest BCUT2D eigenvalue weighted by Crippen LogP contribution is -2.15. The standard InChI is InChI=1S/C14H22OS/c1-10(15)11(2)16-13-8-6-12(7-9-13)14(3,4)5/h6-11,15H,1-5H3. The molecule has 0 aromatic heterocycles. The van der Waals surface area contributed by atoms with Crippen LogP contribution >= 0.6 is 11.8 Å². The zero-order chi connectivity index (χ0) is 12.3. The quantitative estimate of drug-likeness (QED) is 0.807. The molecule has 0 aliphatic carbocycles. The van der Waals surface area contributed by atoms with Gasteiger partial charge in [0.1, 0.15) is 0 Å². The molecule has 2 heteroatoms. The largest absolute Gasteiger partial charge is 0.392 e. The van der Waals surface area contributed by atoms with Crippen LogP contribution in [0.4, 0.5) is 0 Å². The number of aliphatic hydroxyl groups excluding tert-OH is 1. The predicted octanol–water partition coefficient (Wildman–Crippen LogP) is 3.85. The fourth-order valence-corrected chi connectivity index (χ4v) is 2.27. The van der Waals surface area contributed by atoms with Gasteiger partial charge in [-0.05, 0) is 30.0 Å². The molecule has 1 aromatic carbocycles. The summed E-state index contributed by atoms with van der Waals surface area (Å²) in [6.07, 6.45) is -0.271. The van der Waals surface area contributed by atoms with Gasteiger partial charge in [0.25, 0.3) is 0 Å². The van der Waals surface area contributed by atoms with Crippen molar-refractivity contribution in [3.63, 3.8) is 0 Å². The smallest absolute Gasteiger partial charge is 0.0631 e. The summed E-state index contributed by atoms with van der Waals surface area (Å²) in [4.78, 5) is 1.22. The molecule has 0 aliphatic rings. The Labute approximate surface area is 103 Å². The third kappa shape index (κ3) is 3.84. The van der Waals surface area contributed by atoms with E-state index in [0.29, 0.717) is 0 Å². The van der Waals surface area contributed by atoms with Crippen molar-refractivity contribution in [1.29, 1.82) is 0 Å². The summed E-state index contributed by atoms with van der Waals surface area (Å²) < 4.78 is 0. The van der Waals surface area contributed by atoms with Crippen molar-refractivity contribution >= 4 is 11.8 Å². The zero-order valence-electron chi connectivity index (χ0n) is 10.8. The van der Waals surface area contributed by atoms with Gasteiger partial charge in [0.05, 0.1) is 6.10 Å². The van der Waals surface area contributed by atoms with Gasteiger partial charge in [-0.15, -0.1) is 11.8 Å². The van der Waals surface area contributed by atoms with E-state index in [2.05, 4.69) is 45.0 Å². The molecule has 0 heterocycles. The van der Waals surface area contributed by atoms with Gasteiger partial charge in [0.2, 0.25) is 0 Å². The highest BCUT2D eigenvalue weighted by molar-refractivity contribution is 8.00. The molecular weight excluding hydrogens is 216 g/mol. The monoisotopic (exact) mass is 238 g/mol. The van der Waals surface area contributed by atoms with Gasteiger partial charge in [-0.25, -0.2) is 0 Å². The first-order chi connectivity index (χ1) is 7.30. The molecule has 0 amide bonds. The van der Waals surface area contributed by atoms with E-state index in [0.717, 1.165) is 0 Å². The predicted molar refractivity (Wildman–Crippen MR) is 72.1 cm³/mol. The van der Waals surface area contributed by atoms with E-state index in [1.807, 2.05) is 13.8 Å². The highest BCUT2D eigenvalue weighted by Gasteiger charge is 2.14. The molecule has 0 spiro atoms. The van der Waals surface area contributed by atoms with E-state index in [4.69, 9.17) is 0 Å². The summed E-state index contributed by atoms with van der Waals surface area (Å²) in [6, 6.07) is 8.64. The lowest BCUT2D eigenvalue weighted by Gasteiger charge is -2.20. The Morgan fingerprint density at radius 3 is 1.94 bits per heavy atom. The molecular formula is C14H22OS. The van der Waals surface area contributed by atoms with Gasteiger partial charge >= 0.3 is 0 Å². The summed E-state index contributed by atoms with van der Waals surface area (Å²) in [7, 11) is 0. The number of hydrogen-bond acceptors (Lipinski definition) is 2. The normalized spacial score (nSPS) is 15.9. The first kappa shape index (κ1) is 13.6. The van der Waals surface area contributed by atoms with Gasteiger partial charge in [-0.3, -0.25) is 0 Å². The highest BCUT2D eigenvalue weighted by Crippen LogP contribution is 2.28. The third-order valence-electron chi connectivity index (χ3n) is 2.72. The number of hydrogen-bond donors (Lipinski definition) is 1. The first-order valence-corrected chi connectivity index (χ1v) is 6.64. The van der Waals surface area contributed by atoms with Gasteiger partial charge in [0, 0.05) is 10.1 Å². The van der Waals surface area contributed by atoms with Gasteiger partial charge in [-0.1, -0.05) is 39.8 Å². The molecule has 90 valence electrons. The van der Waals surface area contributed by atoms with E-state index in [1.165, 1.54) is 10.5 Å². The molecule has 0 saturated carbocycles. The number of benzene rings is 1. The summed E-state index contributed by atoms with van der Waals surface area (Å²) in [5, 5.41) is 9.68.